The average molecular weight is 342 g/mol. The lowest BCUT2D eigenvalue weighted by molar-refractivity contribution is 1.23. The van der Waals surface area contributed by atoms with Gasteiger partial charge in [0.1, 0.15) is 5.82 Å². The maximum atomic E-state index is 5.13. The standard InChI is InChI=1S/C25H14N2/c1-2-8-17-16(6-1)14-22-19-10-4-3-9-18(19)20-13-12-15-7-5-11-21-23(15)24(20)27(22)25(17)26-21/h1-14H. The van der Waals surface area contributed by atoms with Gasteiger partial charge in [-0.05, 0) is 28.3 Å². The van der Waals surface area contributed by atoms with E-state index in [1.165, 1.54) is 49.1 Å². The van der Waals surface area contributed by atoms with Gasteiger partial charge >= 0.3 is 0 Å². The van der Waals surface area contributed by atoms with Crippen LogP contribution in [0.1, 0.15) is 0 Å². The molecule has 0 bridgehead atoms. The Hall–Kier alpha value is -3.65. The fourth-order valence-electron chi connectivity index (χ4n) is 4.75. The molecule has 0 saturated heterocycles. The minimum absolute atomic E-state index is 1.03. The van der Waals surface area contributed by atoms with Crippen molar-refractivity contribution in [2.75, 3.05) is 4.90 Å². The molecule has 0 spiro atoms. The Labute approximate surface area is 155 Å². The molecule has 0 aliphatic carbocycles. The van der Waals surface area contributed by atoms with Gasteiger partial charge < -0.3 is 0 Å². The summed E-state index contributed by atoms with van der Waals surface area (Å²) in [6.45, 7) is 0. The summed E-state index contributed by atoms with van der Waals surface area (Å²) in [4.78, 5) is 7.50. The Morgan fingerprint density at radius 2 is 1.37 bits per heavy atom. The summed E-state index contributed by atoms with van der Waals surface area (Å²) >= 11 is 0. The van der Waals surface area contributed by atoms with Crippen LogP contribution < -0.4 is 4.90 Å². The van der Waals surface area contributed by atoms with Crippen molar-refractivity contribution in [1.82, 2.24) is 4.98 Å². The van der Waals surface area contributed by atoms with Gasteiger partial charge in [0.05, 0.1) is 16.9 Å². The molecule has 4 aromatic rings. The third-order valence-corrected chi connectivity index (χ3v) is 5.89. The summed E-state index contributed by atoms with van der Waals surface area (Å²) in [5, 5.41) is 8.77. The lowest BCUT2D eigenvalue weighted by Gasteiger charge is -2.35. The normalized spacial score (nSPS) is 13.1. The van der Waals surface area contributed by atoms with Crippen molar-refractivity contribution >= 4 is 60.4 Å². The second kappa shape index (κ2) is 4.54. The van der Waals surface area contributed by atoms with E-state index in [-0.39, 0.29) is 0 Å². The van der Waals surface area contributed by atoms with Crippen molar-refractivity contribution in [3.05, 3.63) is 84.9 Å². The summed E-state index contributed by atoms with van der Waals surface area (Å²) in [6, 6.07) is 30.5. The molecule has 0 fully saturated rings. The zero-order chi connectivity index (χ0) is 17.5. The van der Waals surface area contributed by atoms with Crippen LogP contribution in [0.15, 0.2) is 84.9 Å². The first kappa shape index (κ1) is 13.5. The third kappa shape index (κ3) is 1.55. The van der Waals surface area contributed by atoms with Crippen LogP contribution >= 0.6 is 0 Å². The molecule has 0 aromatic heterocycles. The summed E-state index contributed by atoms with van der Waals surface area (Å²) in [7, 11) is 0. The second-order valence-corrected chi connectivity index (χ2v) is 7.27. The van der Waals surface area contributed by atoms with E-state index in [0.29, 0.717) is 0 Å². The van der Waals surface area contributed by atoms with Crippen LogP contribution in [-0.2, 0) is 0 Å². The molecule has 0 atom stereocenters. The van der Waals surface area contributed by atoms with Crippen molar-refractivity contribution in [3.63, 3.8) is 0 Å². The quantitative estimate of drug-likeness (QED) is 0.297. The van der Waals surface area contributed by atoms with Gasteiger partial charge in [0.25, 0.3) is 0 Å². The summed E-state index contributed by atoms with van der Waals surface area (Å²) in [6.07, 6.45) is 0. The van der Waals surface area contributed by atoms with E-state index in [2.05, 4.69) is 89.8 Å². The van der Waals surface area contributed by atoms with E-state index < -0.39 is 0 Å². The zero-order valence-electron chi connectivity index (χ0n) is 14.5. The van der Waals surface area contributed by atoms with Crippen molar-refractivity contribution in [3.8, 4) is 0 Å². The first-order valence-corrected chi connectivity index (χ1v) is 9.25. The molecule has 27 heavy (non-hydrogen) atoms. The molecule has 7 rings (SSSR count). The first-order valence-electron chi connectivity index (χ1n) is 9.25. The van der Waals surface area contributed by atoms with Gasteiger partial charge in [0.2, 0.25) is 0 Å². The van der Waals surface area contributed by atoms with Crippen LogP contribution in [0.25, 0.3) is 43.2 Å². The Bertz CT molecular complexity index is 1530. The highest BCUT2D eigenvalue weighted by Gasteiger charge is 2.29. The molecule has 2 heteroatoms. The van der Waals surface area contributed by atoms with Gasteiger partial charge in [-0.1, -0.05) is 72.8 Å². The number of rotatable bonds is 0. The third-order valence-electron chi connectivity index (χ3n) is 5.89. The molecule has 0 amide bonds. The number of hydrogen-bond donors (Lipinski definition) is 0. The summed E-state index contributed by atoms with van der Waals surface area (Å²) < 4.78 is 0. The van der Waals surface area contributed by atoms with Gasteiger partial charge in [-0.3, -0.25) is 4.90 Å². The molecule has 124 valence electrons. The maximum absolute atomic E-state index is 5.13. The van der Waals surface area contributed by atoms with Crippen LogP contribution in [0.5, 0.6) is 0 Å². The van der Waals surface area contributed by atoms with Crippen LogP contribution in [0, 0.1) is 0 Å². The molecule has 2 nitrogen and oxygen atoms in total. The van der Waals surface area contributed by atoms with Crippen molar-refractivity contribution in [2.45, 2.75) is 0 Å². The minimum Gasteiger partial charge on any atom is -0.293 e. The second-order valence-electron chi connectivity index (χ2n) is 7.27. The van der Waals surface area contributed by atoms with E-state index in [9.17, 15) is 0 Å². The van der Waals surface area contributed by atoms with E-state index >= 15 is 0 Å². The van der Waals surface area contributed by atoms with Crippen LogP contribution in [0.2, 0.25) is 0 Å². The van der Waals surface area contributed by atoms with E-state index in [4.69, 9.17) is 4.98 Å². The SMILES string of the molecule is c1ccc2c3nc4cccc5ccc6c(c54)N3c(cc2c1)c1ccccc16. The highest BCUT2D eigenvalue weighted by molar-refractivity contribution is 6.27. The molecule has 4 aromatic carbocycles. The lowest BCUT2D eigenvalue weighted by Crippen LogP contribution is -2.18. The molecule has 0 N–H and O–H groups in total. The van der Waals surface area contributed by atoms with Crippen LogP contribution in [0.3, 0.4) is 0 Å². The highest BCUT2D eigenvalue weighted by Crippen LogP contribution is 2.53. The molecule has 3 aliphatic heterocycles. The summed E-state index contributed by atoms with van der Waals surface area (Å²) in [5.41, 5.74) is 3.55. The highest BCUT2D eigenvalue weighted by atomic mass is 15.2. The zero-order valence-corrected chi connectivity index (χ0v) is 14.5. The number of benzene rings is 4. The van der Waals surface area contributed by atoms with Crippen LogP contribution in [0.4, 0.5) is 17.2 Å². The number of nitrogens with zero attached hydrogens (tertiary/aromatic N) is 2. The van der Waals surface area contributed by atoms with Crippen molar-refractivity contribution < 1.29 is 0 Å². The summed E-state index contributed by atoms with van der Waals surface area (Å²) in [5.74, 6) is 1.03. The van der Waals surface area contributed by atoms with Gasteiger partial charge in [-0.15, -0.1) is 0 Å². The molecule has 0 radical (unpaired) electrons. The molecule has 3 heterocycles. The Morgan fingerprint density at radius 1 is 0.593 bits per heavy atom. The van der Waals surface area contributed by atoms with Crippen LogP contribution in [-0.4, -0.2) is 4.98 Å². The molecule has 3 aliphatic rings. The number of anilines is 3. The fourth-order valence-corrected chi connectivity index (χ4v) is 4.75. The Kier molecular flexibility index (Phi) is 2.28. The predicted molar refractivity (Wildman–Crippen MR) is 114 cm³/mol. The largest absolute Gasteiger partial charge is 0.293 e. The molecular formula is C25H14N2. The molecule has 0 saturated carbocycles. The molecule has 0 unspecified atom stereocenters. The predicted octanol–water partition coefficient (Wildman–Crippen LogP) is 6.92. The van der Waals surface area contributed by atoms with Gasteiger partial charge in [-0.2, -0.15) is 0 Å². The molecular weight excluding hydrogens is 328 g/mol. The van der Waals surface area contributed by atoms with Crippen molar-refractivity contribution in [2.24, 2.45) is 0 Å². The number of aromatic nitrogens is 1. The first-order chi connectivity index (χ1) is 13.4. The van der Waals surface area contributed by atoms with Gasteiger partial charge in [0.15, 0.2) is 0 Å². The van der Waals surface area contributed by atoms with Gasteiger partial charge in [0, 0.05) is 21.5 Å². The van der Waals surface area contributed by atoms with Gasteiger partial charge in [-0.25, -0.2) is 4.98 Å². The minimum atomic E-state index is 1.03. The number of fused-ring (bicyclic) bond motifs is 5. The van der Waals surface area contributed by atoms with E-state index in [0.717, 1.165) is 11.3 Å². The topological polar surface area (TPSA) is 16.1 Å². The average Bonchev–Trinajstić information content (AvgIpc) is 2.73. The maximum Gasteiger partial charge on any atom is 0.146 e. The van der Waals surface area contributed by atoms with E-state index in [1.807, 2.05) is 0 Å². The number of hydrogen-bond acceptors (Lipinski definition) is 2. The van der Waals surface area contributed by atoms with E-state index in [1.54, 1.807) is 0 Å². The Morgan fingerprint density at radius 3 is 2.30 bits per heavy atom. The monoisotopic (exact) mass is 342 g/mol. The Balaban J connectivity index is 1.91. The lowest BCUT2D eigenvalue weighted by atomic mass is 9.93. The fraction of sp³-hybridized carbons (Fsp3) is 0. The smallest absolute Gasteiger partial charge is 0.146 e. The van der Waals surface area contributed by atoms with Crippen molar-refractivity contribution in [1.29, 1.82) is 0 Å².